The van der Waals surface area contributed by atoms with E-state index in [4.69, 9.17) is 14.3 Å². The quantitative estimate of drug-likeness (QED) is 0.751. The molecule has 0 saturated carbocycles. The Labute approximate surface area is 112 Å². The molecular formula is C13H18N2O4. The number of nitrogens with zero attached hydrogens (tertiary/aromatic N) is 2. The summed E-state index contributed by atoms with van der Waals surface area (Å²) in [6, 6.07) is 3.33. The number of hydrogen-bond acceptors (Lipinski definition) is 5. The van der Waals surface area contributed by atoms with Crippen molar-refractivity contribution in [3.05, 3.63) is 23.9 Å². The van der Waals surface area contributed by atoms with Gasteiger partial charge in [-0.1, -0.05) is 0 Å². The lowest BCUT2D eigenvalue weighted by Crippen LogP contribution is -2.25. The topological polar surface area (TPSA) is 60.9 Å². The molecule has 0 aromatic carbocycles. The van der Waals surface area contributed by atoms with Gasteiger partial charge >= 0.3 is 0 Å². The fourth-order valence-electron chi connectivity index (χ4n) is 1.81. The van der Waals surface area contributed by atoms with Crippen molar-refractivity contribution in [2.24, 2.45) is 0 Å². The maximum atomic E-state index is 11.8. The van der Waals surface area contributed by atoms with Gasteiger partial charge in [-0.05, 0) is 18.9 Å². The molecule has 1 aliphatic rings. The van der Waals surface area contributed by atoms with Gasteiger partial charge in [-0.2, -0.15) is 0 Å². The molecule has 1 aliphatic heterocycles. The zero-order valence-electron chi connectivity index (χ0n) is 11.2. The van der Waals surface area contributed by atoms with Crippen LogP contribution in [0.2, 0.25) is 0 Å². The number of carbonyl (C=O) groups excluding carboxylic acids is 1. The minimum Gasteiger partial charge on any atom is -0.475 e. The van der Waals surface area contributed by atoms with Crippen LogP contribution >= 0.6 is 0 Å². The Morgan fingerprint density at radius 1 is 1.58 bits per heavy atom. The predicted molar refractivity (Wildman–Crippen MR) is 67.8 cm³/mol. The van der Waals surface area contributed by atoms with Gasteiger partial charge < -0.3 is 9.47 Å². The van der Waals surface area contributed by atoms with Crippen molar-refractivity contribution in [3.8, 4) is 5.88 Å². The molecule has 1 saturated heterocycles. The minimum absolute atomic E-state index is 0.155. The fourth-order valence-corrected chi connectivity index (χ4v) is 1.81. The molecule has 104 valence electrons. The van der Waals surface area contributed by atoms with Crippen LogP contribution in [0.15, 0.2) is 18.3 Å². The van der Waals surface area contributed by atoms with Crippen molar-refractivity contribution in [3.63, 3.8) is 0 Å². The number of hydrogen-bond donors (Lipinski definition) is 0. The number of carbonyl (C=O) groups is 1. The summed E-state index contributed by atoms with van der Waals surface area (Å²) in [7, 11) is 2.98. The summed E-state index contributed by atoms with van der Waals surface area (Å²) >= 11 is 0. The molecule has 0 unspecified atom stereocenters. The van der Waals surface area contributed by atoms with Gasteiger partial charge in [0.05, 0.1) is 18.8 Å². The summed E-state index contributed by atoms with van der Waals surface area (Å²) in [4.78, 5) is 20.7. The number of ether oxygens (including phenoxy) is 2. The third-order valence-corrected chi connectivity index (χ3v) is 2.98. The Morgan fingerprint density at radius 3 is 3.00 bits per heavy atom. The summed E-state index contributed by atoms with van der Waals surface area (Å²) in [5.74, 6) is 0.243. The fraction of sp³-hybridized carbons (Fsp3) is 0.538. The Balaban J connectivity index is 1.88. The third kappa shape index (κ3) is 3.65. The van der Waals surface area contributed by atoms with E-state index in [1.807, 2.05) is 0 Å². The molecule has 1 aromatic rings. The summed E-state index contributed by atoms with van der Waals surface area (Å²) in [5, 5.41) is 1.14. The molecule has 1 aromatic heterocycles. The van der Waals surface area contributed by atoms with Crippen LogP contribution in [0.25, 0.3) is 0 Å². The zero-order valence-corrected chi connectivity index (χ0v) is 11.2. The summed E-state index contributed by atoms with van der Waals surface area (Å²) in [6.07, 6.45) is 3.73. The lowest BCUT2D eigenvalue weighted by molar-refractivity contribution is -0.0757. The number of rotatable bonds is 5. The molecule has 0 N–H and O–H groups in total. The first-order valence-electron chi connectivity index (χ1n) is 6.23. The smallest absolute Gasteiger partial charge is 0.278 e. The van der Waals surface area contributed by atoms with Gasteiger partial charge in [0.25, 0.3) is 5.91 Å². The number of aromatic nitrogens is 1. The summed E-state index contributed by atoms with van der Waals surface area (Å²) in [5.41, 5.74) is 0.453. The largest absolute Gasteiger partial charge is 0.475 e. The Hall–Kier alpha value is -1.66. The van der Waals surface area contributed by atoms with E-state index in [1.165, 1.54) is 13.3 Å². The van der Waals surface area contributed by atoms with Gasteiger partial charge in [0, 0.05) is 25.9 Å². The first kappa shape index (κ1) is 13.8. The summed E-state index contributed by atoms with van der Waals surface area (Å²) in [6.45, 7) is 1.30. The lowest BCUT2D eigenvalue weighted by Gasteiger charge is -2.14. The van der Waals surface area contributed by atoms with Crippen molar-refractivity contribution in [1.29, 1.82) is 0 Å². The maximum absolute atomic E-state index is 11.8. The zero-order chi connectivity index (χ0) is 13.7. The molecule has 0 bridgehead atoms. The molecule has 6 heteroatoms. The van der Waals surface area contributed by atoms with E-state index in [9.17, 15) is 4.79 Å². The lowest BCUT2D eigenvalue weighted by atomic mass is 10.2. The minimum atomic E-state index is -0.249. The van der Waals surface area contributed by atoms with E-state index in [0.29, 0.717) is 18.1 Å². The highest BCUT2D eigenvalue weighted by atomic mass is 16.7. The molecule has 1 atom stereocenters. The van der Waals surface area contributed by atoms with Crippen molar-refractivity contribution in [1.82, 2.24) is 10.0 Å². The molecule has 1 fully saturated rings. The van der Waals surface area contributed by atoms with E-state index in [0.717, 1.165) is 24.5 Å². The van der Waals surface area contributed by atoms with Crippen LogP contribution in [-0.2, 0) is 9.57 Å². The van der Waals surface area contributed by atoms with Crippen LogP contribution < -0.4 is 4.74 Å². The SMILES string of the molecule is CON(C)C(=O)c1ccc(OC[C@@H]2CCCO2)nc1. The Bertz CT molecular complexity index is 415. The van der Waals surface area contributed by atoms with Crippen LogP contribution in [-0.4, -0.2) is 49.4 Å². The van der Waals surface area contributed by atoms with E-state index >= 15 is 0 Å². The van der Waals surface area contributed by atoms with E-state index < -0.39 is 0 Å². The number of pyridine rings is 1. The second kappa shape index (κ2) is 6.49. The molecule has 2 heterocycles. The number of amides is 1. The van der Waals surface area contributed by atoms with Gasteiger partial charge in [-0.25, -0.2) is 10.0 Å². The van der Waals surface area contributed by atoms with Crippen LogP contribution in [0.3, 0.4) is 0 Å². The average Bonchev–Trinajstić information content (AvgIpc) is 2.97. The van der Waals surface area contributed by atoms with E-state index in [2.05, 4.69) is 4.98 Å². The Morgan fingerprint density at radius 2 is 2.42 bits per heavy atom. The van der Waals surface area contributed by atoms with Gasteiger partial charge in [0.15, 0.2) is 0 Å². The molecule has 6 nitrogen and oxygen atoms in total. The first-order valence-corrected chi connectivity index (χ1v) is 6.23. The van der Waals surface area contributed by atoms with Crippen LogP contribution in [0.4, 0.5) is 0 Å². The van der Waals surface area contributed by atoms with Crippen LogP contribution in [0, 0.1) is 0 Å². The van der Waals surface area contributed by atoms with Crippen molar-refractivity contribution in [2.45, 2.75) is 18.9 Å². The molecule has 1 amide bonds. The normalized spacial score (nSPS) is 18.3. The highest BCUT2D eigenvalue weighted by Crippen LogP contribution is 2.14. The third-order valence-electron chi connectivity index (χ3n) is 2.98. The van der Waals surface area contributed by atoms with Gasteiger partial charge in [-0.15, -0.1) is 0 Å². The molecule has 0 radical (unpaired) electrons. The second-order valence-corrected chi connectivity index (χ2v) is 4.32. The van der Waals surface area contributed by atoms with Crippen molar-refractivity contribution in [2.75, 3.05) is 27.4 Å². The molecule has 19 heavy (non-hydrogen) atoms. The molecule has 0 spiro atoms. The van der Waals surface area contributed by atoms with Gasteiger partial charge in [0.1, 0.15) is 6.61 Å². The summed E-state index contributed by atoms with van der Waals surface area (Å²) < 4.78 is 11.0. The van der Waals surface area contributed by atoms with Gasteiger partial charge in [-0.3, -0.25) is 9.63 Å². The number of hydroxylamine groups is 2. The molecule has 0 aliphatic carbocycles. The van der Waals surface area contributed by atoms with E-state index in [1.54, 1.807) is 19.2 Å². The highest BCUT2D eigenvalue weighted by molar-refractivity contribution is 5.93. The monoisotopic (exact) mass is 266 g/mol. The van der Waals surface area contributed by atoms with E-state index in [-0.39, 0.29) is 12.0 Å². The Kier molecular flexibility index (Phi) is 4.70. The first-order chi connectivity index (χ1) is 9.20. The molecular weight excluding hydrogens is 248 g/mol. The van der Waals surface area contributed by atoms with Crippen molar-refractivity contribution < 1.29 is 19.1 Å². The maximum Gasteiger partial charge on any atom is 0.278 e. The highest BCUT2D eigenvalue weighted by Gasteiger charge is 2.16. The predicted octanol–water partition coefficient (Wildman–Crippen LogP) is 1.27. The standard InChI is InChI=1S/C13H18N2O4/c1-15(17-2)13(16)10-5-6-12(14-8-10)19-9-11-4-3-7-18-11/h5-6,8,11H,3-4,7,9H2,1-2H3/t11-/m0/s1. The molecule has 2 rings (SSSR count). The second-order valence-electron chi connectivity index (χ2n) is 4.32. The van der Waals surface area contributed by atoms with Crippen LogP contribution in [0.1, 0.15) is 23.2 Å². The van der Waals surface area contributed by atoms with Crippen molar-refractivity contribution >= 4 is 5.91 Å². The van der Waals surface area contributed by atoms with Gasteiger partial charge in [0.2, 0.25) is 5.88 Å². The average molecular weight is 266 g/mol. The van der Waals surface area contributed by atoms with Crippen LogP contribution in [0.5, 0.6) is 5.88 Å².